The van der Waals surface area contributed by atoms with Gasteiger partial charge in [-0.3, -0.25) is 0 Å². The van der Waals surface area contributed by atoms with Gasteiger partial charge in [-0.2, -0.15) is 5.10 Å². The van der Waals surface area contributed by atoms with Crippen molar-refractivity contribution in [3.05, 3.63) is 39.6 Å². The molecule has 0 saturated heterocycles. The highest BCUT2D eigenvalue weighted by Gasteiger charge is 2.11. The molecule has 6 heteroatoms. The first-order chi connectivity index (χ1) is 7.22. The van der Waals surface area contributed by atoms with E-state index >= 15 is 0 Å². The standard InChI is InChI=1S/C9H6ClFIN3/c10-3-6-1-2-13-9(8(6)11)15-5-7(12)4-14-15/h1-2,4-5H,3H2. The molecule has 0 fully saturated rings. The molecule has 0 bridgehead atoms. The van der Waals surface area contributed by atoms with E-state index in [1.165, 1.54) is 10.9 Å². The third-order valence-corrected chi connectivity index (χ3v) is 2.71. The Kier molecular flexibility index (Phi) is 3.20. The number of halogens is 3. The van der Waals surface area contributed by atoms with E-state index in [1.54, 1.807) is 18.5 Å². The minimum atomic E-state index is -0.424. The molecule has 0 radical (unpaired) electrons. The minimum Gasteiger partial charge on any atom is -0.235 e. The largest absolute Gasteiger partial charge is 0.235 e. The monoisotopic (exact) mass is 337 g/mol. The maximum Gasteiger partial charge on any atom is 0.190 e. The van der Waals surface area contributed by atoms with Gasteiger partial charge in [-0.25, -0.2) is 14.1 Å². The van der Waals surface area contributed by atoms with E-state index in [0.29, 0.717) is 5.56 Å². The molecule has 15 heavy (non-hydrogen) atoms. The highest BCUT2D eigenvalue weighted by molar-refractivity contribution is 14.1. The lowest BCUT2D eigenvalue weighted by molar-refractivity contribution is 0.590. The van der Waals surface area contributed by atoms with Crippen molar-refractivity contribution in [1.29, 1.82) is 0 Å². The van der Waals surface area contributed by atoms with Crippen molar-refractivity contribution in [3.63, 3.8) is 0 Å². The summed E-state index contributed by atoms with van der Waals surface area (Å²) in [5.41, 5.74) is 0.423. The molecule has 0 saturated carbocycles. The summed E-state index contributed by atoms with van der Waals surface area (Å²) >= 11 is 7.70. The molecule has 0 spiro atoms. The Morgan fingerprint density at radius 1 is 1.53 bits per heavy atom. The van der Waals surface area contributed by atoms with Crippen LogP contribution < -0.4 is 0 Å². The Morgan fingerprint density at radius 2 is 2.33 bits per heavy atom. The summed E-state index contributed by atoms with van der Waals surface area (Å²) in [6, 6.07) is 1.56. The van der Waals surface area contributed by atoms with Crippen molar-refractivity contribution in [2.45, 2.75) is 5.88 Å². The molecule has 2 aromatic rings. The number of alkyl halides is 1. The number of nitrogens with zero attached hydrogens (tertiary/aromatic N) is 3. The predicted molar refractivity (Wildman–Crippen MR) is 63.6 cm³/mol. The maximum absolute atomic E-state index is 13.8. The van der Waals surface area contributed by atoms with Crippen molar-refractivity contribution in [3.8, 4) is 5.82 Å². The Bertz CT molecular complexity index is 486. The van der Waals surface area contributed by atoms with Gasteiger partial charge in [-0.15, -0.1) is 11.6 Å². The molecule has 0 atom stereocenters. The SMILES string of the molecule is Fc1c(CCl)ccnc1-n1cc(I)cn1. The summed E-state index contributed by atoms with van der Waals surface area (Å²) in [5.74, 6) is -0.122. The Balaban J connectivity index is 2.53. The average molecular weight is 338 g/mol. The second kappa shape index (κ2) is 4.44. The van der Waals surface area contributed by atoms with Gasteiger partial charge in [0.25, 0.3) is 0 Å². The van der Waals surface area contributed by atoms with E-state index in [2.05, 4.69) is 32.7 Å². The zero-order chi connectivity index (χ0) is 10.8. The van der Waals surface area contributed by atoms with Gasteiger partial charge < -0.3 is 0 Å². The van der Waals surface area contributed by atoms with E-state index in [-0.39, 0.29) is 11.7 Å². The third kappa shape index (κ3) is 2.12. The van der Waals surface area contributed by atoms with Crippen LogP contribution >= 0.6 is 34.2 Å². The highest BCUT2D eigenvalue weighted by atomic mass is 127. The average Bonchev–Trinajstić information content (AvgIpc) is 2.65. The van der Waals surface area contributed by atoms with Crippen LogP contribution in [-0.2, 0) is 5.88 Å². The van der Waals surface area contributed by atoms with Gasteiger partial charge in [0.15, 0.2) is 11.6 Å². The van der Waals surface area contributed by atoms with Crippen molar-refractivity contribution in [1.82, 2.24) is 14.8 Å². The van der Waals surface area contributed by atoms with Gasteiger partial charge >= 0.3 is 0 Å². The summed E-state index contributed by atoms with van der Waals surface area (Å²) in [6.45, 7) is 0. The van der Waals surface area contributed by atoms with Crippen LogP contribution in [0, 0.1) is 9.39 Å². The van der Waals surface area contributed by atoms with Crippen LogP contribution in [0.15, 0.2) is 24.7 Å². The van der Waals surface area contributed by atoms with Gasteiger partial charge in [0.1, 0.15) is 0 Å². The van der Waals surface area contributed by atoms with Crippen molar-refractivity contribution in [2.24, 2.45) is 0 Å². The van der Waals surface area contributed by atoms with Crippen LogP contribution in [0.2, 0.25) is 0 Å². The number of pyridine rings is 1. The molecule has 3 nitrogen and oxygen atoms in total. The topological polar surface area (TPSA) is 30.7 Å². The lowest BCUT2D eigenvalue weighted by Gasteiger charge is -2.04. The first kappa shape index (κ1) is 10.8. The quantitative estimate of drug-likeness (QED) is 0.623. The first-order valence-electron chi connectivity index (χ1n) is 4.12. The predicted octanol–water partition coefficient (Wildman–Crippen LogP) is 2.75. The van der Waals surface area contributed by atoms with Crippen molar-refractivity contribution >= 4 is 34.2 Å². The van der Waals surface area contributed by atoms with E-state index in [9.17, 15) is 4.39 Å². The highest BCUT2D eigenvalue weighted by Crippen LogP contribution is 2.16. The molecule has 0 aromatic carbocycles. The maximum atomic E-state index is 13.8. The molecule has 0 aliphatic carbocycles. The molecule has 2 aromatic heterocycles. The lowest BCUT2D eigenvalue weighted by Crippen LogP contribution is -2.03. The number of aromatic nitrogens is 3. The summed E-state index contributed by atoms with van der Waals surface area (Å²) in [7, 11) is 0. The van der Waals surface area contributed by atoms with Crippen LogP contribution in [-0.4, -0.2) is 14.8 Å². The molecular weight excluding hydrogens is 331 g/mol. The van der Waals surface area contributed by atoms with Crippen LogP contribution in [0.4, 0.5) is 4.39 Å². The van der Waals surface area contributed by atoms with Gasteiger partial charge in [0.2, 0.25) is 0 Å². The number of hydrogen-bond acceptors (Lipinski definition) is 2. The Labute approximate surface area is 104 Å². The number of hydrogen-bond donors (Lipinski definition) is 0. The van der Waals surface area contributed by atoms with Crippen LogP contribution in [0.1, 0.15) is 5.56 Å². The second-order valence-electron chi connectivity index (χ2n) is 2.84. The van der Waals surface area contributed by atoms with Crippen molar-refractivity contribution < 1.29 is 4.39 Å². The molecule has 78 valence electrons. The van der Waals surface area contributed by atoms with Crippen LogP contribution in [0.25, 0.3) is 5.82 Å². The zero-order valence-corrected chi connectivity index (χ0v) is 10.4. The summed E-state index contributed by atoms with van der Waals surface area (Å²) < 4.78 is 16.1. The van der Waals surface area contributed by atoms with E-state index in [4.69, 9.17) is 11.6 Å². The van der Waals surface area contributed by atoms with E-state index in [1.807, 2.05) is 0 Å². The number of rotatable bonds is 2. The Morgan fingerprint density at radius 3 is 2.93 bits per heavy atom. The normalized spacial score (nSPS) is 10.6. The minimum absolute atomic E-state index is 0.125. The molecule has 0 unspecified atom stereocenters. The molecular formula is C9H6ClFIN3. The lowest BCUT2D eigenvalue weighted by atomic mass is 10.3. The van der Waals surface area contributed by atoms with Gasteiger partial charge in [-0.05, 0) is 28.7 Å². The Hall–Kier alpha value is -0.690. The van der Waals surface area contributed by atoms with Crippen LogP contribution in [0.5, 0.6) is 0 Å². The van der Waals surface area contributed by atoms with Crippen molar-refractivity contribution in [2.75, 3.05) is 0 Å². The second-order valence-corrected chi connectivity index (χ2v) is 4.36. The summed E-state index contributed by atoms with van der Waals surface area (Å²) in [6.07, 6.45) is 4.85. The molecule has 0 amide bonds. The van der Waals surface area contributed by atoms with Gasteiger partial charge in [0, 0.05) is 18.0 Å². The molecule has 0 aliphatic rings. The fourth-order valence-corrected chi connectivity index (χ4v) is 1.75. The molecule has 0 N–H and O–H groups in total. The van der Waals surface area contributed by atoms with Crippen LogP contribution in [0.3, 0.4) is 0 Å². The van der Waals surface area contributed by atoms with Gasteiger partial charge in [-0.1, -0.05) is 0 Å². The summed E-state index contributed by atoms with van der Waals surface area (Å²) in [4.78, 5) is 3.93. The van der Waals surface area contributed by atoms with Gasteiger partial charge in [0.05, 0.1) is 15.6 Å². The summed E-state index contributed by atoms with van der Waals surface area (Å²) in [5, 5.41) is 3.99. The first-order valence-corrected chi connectivity index (χ1v) is 5.73. The zero-order valence-electron chi connectivity index (χ0n) is 7.49. The molecule has 0 aliphatic heterocycles. The fourth-order valence-electron chi connectivity index (χ4n) is 1.15. The third-order valence-electron chi connectivity index (χ3n) is 1.86. The smallest absolute Gasteiger partial charge is 0.190 e. The fraction of sp³-hybridized carbons (Fsp3) is 0.111. The molecule has 2 rings (SSSR count). The van der Waals surface area contributed by atoms with E-state index in [0.717, 1.165) is 3.57 Å². The molecule has 2 heterocycles. The van der Waals surface area contributed by atoms with E-state index < -0.39 is 5.82 Å².